The van der Waals surface area contributed by atoms with Crippen LogP contribution >= 0.6 is 22.6 Å². The van der Waals surface area contributed by atoms with Crippen molar-refractivity contribution in [1.29, 1.82) is 0 Å². The van der Waals surface area contributed by atoms with Gasteiger partial charge in [0, 0.05) is 15.7 Å². The van der Waals surface area contributed by atoms with Gasteiger partial charge in [-0.25, -0.2) is 0 Å². The molecule has 22 heavy (non-hydrogen) atoms. The number of rotatable bonds is 6. The first-order valence-electron chi connectivity index (χ1n) is 7.61. The SMILES string of the molecule is CCCCOc1cc(I)ccc1CCC.O=c1ccocc1. The number of benzene rings is 1. The molecular formula is C18H23IO3. The molecule has 0 spiro atoms. The maximum absolute atomic E-state index is 10.2. The number of unbranched alkanes of at least 4 members (excludes halogenated alkanes) is 1. The van der Waals surface area contributed by atoms with Crippen molar-refractivity contribution in [1.82, 2.24) is 0 Å². The number of halogens is 1. The highest BCUT2D eigenvalue weighted by Gasteiger charge is 2.03. The topological polar surface area (TPSA) is 39.4 Å². The lowest BCUT2D eigenvalue weighted by Gasteiger charge is -2.11. The first-order chi connectivity index (χ1) is 10.7. The standard InChI is InChI=1S/C13H19IO.C5H4O2/c1-3-5-9-15-13-10-12(14)8-7-11(13)6-4-2;6-5-1-3-7-4-2-5/h7-8,10H,3-6,9H2,1-2H3;1-4H. The van der Waals surface area contributed by atoms with Crippen molar-refractivity contribution in [3.63, 3.8) is 0 Å². The second-order valence-corrected chi connectivity index (χ2v) is 6.09. The highest BCUT2D eigenvalue weighted by atomic mass is 127. The van der Waals surface area contributed by atoms with Crippen LogP contribution in [0, 0.1) is 3.57 Å². The fourth-order valence-corrected chi connectivity index (χ4v) is 2.24. The van der Waals surface area contributed by atoms with Crippen molar-refractivity contribution < 1.29 is 9.15 Å². The molecule has 0 radical (unpaired) electrons. The second kappa shape index (κ2) is 11.3. The van der Waals surface area contributed by atoms with Gasteiger partial charge in [0.25, 0.3) is 0 Å². The molecule has 0 aliphatic carbocycles. The highest BCUT2D eigenvalue weighted by molar-refractivity contribution is 14.1. The largest absolute Gasteiger partial charge is 0.493 e. The molecule has 0 saturated heterocycles. The predicted octanol–water partition coefficient (Wildman–Crippen LogP) is 5.06. The van der Waals surface area contributed by atoms with E-state index >= 15 is 0 Å². The van der Waals surface area contributed by atoms with Gasteiger partial charge in [-0.2, -0.15) is 0 Å². The van der Waals surface area contributed by atoms with E-state index in [1.165, 1.54) is 46.6 Å². The van der Waals surface area contributed by atoms with Crippen LogP contribution in [0.4, 0.5) is 0 Å². The van der Waals surface area contributed by atoms with Gasteiger partial charge in [-0.3, -0.25) is 4.79 Å². The van der Waals surface area contributed by atoms with Crippen molar-refractivity contribution in [3.05, 3.63) is 62.2 Å². The van der Waals surface area contributed by atoms with Gasteiger partial charge < -0.3 is 9.15 Å². The first-order valence-corrected chi connectivity index (χ1v) is 8.69. The molecule has 0 unspecified atom stereocenters. The molecule has 0 N–H and O–H groups in total. The van der Waals surface area contributed by atoms with Crippen LogP contribution in [-0.4, -0.2) is 6.61 Å². The maximum Gasteiger partial charge on any atom is 0.184 e. The molecule has 120 valence electrons. The van der Waals surface area contributed by atoms with E-state index in [-0.39, 0.29) is 5.43 Å². The minimum absolute atomic E-state index is 0.0220. The summed E-state index contributed by atoms with van der Waals surface area (Å²) in [7, 11) is 0. The summed E-state index contributed by atoms with van der Waals surface area (Å²) in [6.07, 6.45) is 7.30. The molecule has 0 aliphatic heterocycles. The summed E-state index contributed by atoms with van der Waals surface area (Å²) in [5, 5.41) is 0. The van der Waals surface area contributed by atoms with Crippen molar-refractivity contribution in [2.45, 2.75) is 39.5 Å². The molecule has 4 heteroatoms. The van der Waals surface area contributed by atoms with E-state index in [0.717, 1.165) is 25.2 Å². The first kappa shape index (κ1) is 18.7. The number of hydrogen-bond acceptors (Lipinski definition) is 3. The summed E-state index contributed by atoms with van der Waals surface area (Å²) in [5.74, 6) is 1.08. The maximum atomic E-state index is 10.2. The van der Waals surface area contributed by atoms with E-state index in [1.807, 2.05) is 0 Å². The Labute approximate surface area is 145 Å². The molecule has 2 aromatic rings. The lowest BCUT2D eigenvalue weighted by Crippen LogP contribution is -2.00. The molecule has 1 aromatic carbocycles. The fraction of sp³-hybridized carbons (Fsp3) is 0.389. The Balaban J connectivity index is 0.000000287. The van der Waals surface area contributed by atoms with E-state index in [0.29, 0.717) is 0 Å². The lowest BCUT2D eigenvalue weighted by atomic mass is 10.1. The van der Waals surface area contributed by atoms with Crippen molar-refractivity contribution >= 4 is 22.6 Å². The van der Waals surface area contributed by atoms with Crippen LogP contribution in [0.15, 0.2) is 52.1 Å². The zero-order chi connectivity index (χ0) is 16.2. The number of ether oxygens (including phenoxy) is 1. The molecular weight excluding hydrogens is 391 g/mol. The molecule has 2 rings (SSSR count). The summed E-state index contributed by atoms with van der Waals surface area (Å²) in [4.78, 5) is 10.2. The molecule has 1 heterocycles. The second-order valence-electron chi connectivity index (χ2n) is 4.85. The van der Waals surface area contributed by atoms with Gasteiger partial charge in [-0.15, -0.1) is 0 Å². The monoisotopic (exact) mass is 414 g/mol. The predicted molar refractivity (Wildman–Crippen MR) is 98.5 cm³/mol. The summed E-state index contributed by atoms with van der Waals surface area (Å²) in [5.41, 5.74) is 1.32. The number of hydrogen-bond donors (Lipinski definition) is 0. The van der Waals surface area contributed by atoms with Crippen LogP contribution in [0.5, 0.6) is 5.75 Å². The summed E-state index contributed by atoms with van der Waals surface area (Å²) >= 11 is 2.33. The number of aryl methyl sites for hydroxylation is 1. The van der Waals surface area contributed by atoms with Crippen molar-refractivity contribution in [2.24, 2.45) is 0 Å². The molecule has 0 saturated carbocycles. The third kappa shape index (κ3) is 7.64. The molecule has 0 amide bonds. The van der Waals surface area contributed by atoms with Gasteiger partial charge in [0.1, 0.15) is 5.75 Å². The zero-order valence-electron chi connectivity index (χ0n) is 13.2. The van der Waals surface area contributed by atoms with E-state index < -0.39 is 0 Å². The Morgan fingerprint density at radius 1 is 1.09 bits per heavy atom. The minimum Gasteiger partial charge on any atom is -0.493 e. The van der Waals surface area contributed by atoms with Gasteiger partial charge >= 0.3 is 0 Å². The van der Waals surface area contributed by atoms with Gasteiger partial charge in [-0.05, 0) is 53.1 Å². The van der Waals surface area contributed by atoms with E-state index in [1.54, 1.807) is 0 Å². The third-order valence-electron chi connectivity index (χ3n) is 2.93. The average Bonchev–Trinajstić information content (AvgIpc) is 2.52. The Bertz CT molecular complexity index is 575. The van der Waals surface area contributed by atoms with Crippen LogP contribution in [0.2, 0.25) is 0 Å². The zero-order valence-corrected chi connectivity index (χ0v) is 15.3. The van der Waals surface area contributed by atoms with Gasteiger partial charge in [0.15, 0.2) is 5.43 Å². The fourth-order valence-electron chi connectivity index (χ4n) is 1.78. The smallest absolute Gasteiger partial charge is 0.184 e. The van der Waals surface area contributed by atoms with Crippen LogP contribution in [0.25, 0.3) is 0 Å². The molecule has 0 bridgehead atoms. The van der Waals surface area contributed by atoms with E-state index in [2.05, 4.69) is 59.1 Å². The Kier molecular flexibility index (Phi) is 9.62. The third-order valence-corrected chi connectivity index (χ3v) is 3.60. The molecule has 0 fully saturated rings. The molecule has 0 atom stereocenters. The normalized spacial score (nSPS) is 9.77. The molecule has 3 nitrogen and oxygen atoms in total. The lowest BCUT2D eigenvalue weighted by molar-refractivity contribution is 0.306. The highest BCUT2D eigenvalue weighted by Crippen LogP contribution is 2.23. The van der Waals surface area contributed by atoms with Gasteiger partial charge in [-0.1, -0.05) is 32.8 Å². The Morgan fingerprint density at radius 3 is 2.36 bits per heavy atom. The summed E-state index contributed by atoms with van der Waals surface area (Å²) in [6.45, 7) is 5.23. The average molecular weight is 414 g/mol. The van der Waals surface area contributed by atoms with Crippen molar-refractivity contribution in [2.75, 3.05) is 6.61 Å². The Hall–Kier alpha value is -1.30. The van der Waals surface area contributed by atoms with Crippen LogP contribution in [0.1, 0.15) is 38.7 Å². The minimum atomic E-state index is -0.0220. The Morgan fingerprint density at radius 2 is 1.82 bits per heavy atom. The summed E-state index contributed by atoms with van der Waals surface area (Å²) < 4.78 is 11.6. The molecule has 1 aromatic heterocycles. The van der Waals surface area contributed by atoms with Crippen LogP contribution < -0.4 is 10.2 Å². The molecule has 0 aliphatic rings. The van der Waals surface area contributed by atoms with E-state index in [9.17, 15) is 4.79 Å². The van der Waals surface area contributed by atoms with Crippen LogP contribution in [-0.2, 0) is 6.42 Å². The van der Waals surface area contributed by atoms with E-state index in [4.69, 9.17) is 4.74 Å². The quantitative estimate of drug-likeness (QED) is 0.490. The van der Waals surface area contributed by atoms with Gasteiger partial charge in [0.2, 0.25) is 0 Å². The van der Waals surface area contributed by atoms with Crippen LogP contribution in [0.3, 0.4) is 0 Å². The van der Waals surface area contributed by atoms with Gasteiger partial charge in [0.05, 0.1) is 19.1 Å². The summed E-state index contributed by atoms with van der Waals surface area (Å²) in [6, 6.07) is 9.20. The van der Waals surface area contributed by atoms with Crippen molar-refractivity contribution in [3.8, 4) is 5.75 Å².